The Morgan fingerprint density at radius 1 is 1.33 bits per heavy atom. The molecule has 0 saturated carbocycles. The van der Waals surface area contributed by atoms with Gasteiger partial charge >= 0.3 is 0 Å². The van der Waals surface area contributed by atoms with Gasteiger partial charge in [0.25, 0.3) is 0 Å². The summed E-state index contributed by atoms with van der Waals surface area (Å²) in [6, 6.07) is 7.17. The maximum atomic E-state index is 11.4. The first kappa shape index (κ1) is 13.8. The van der Waals surface area contributed by atoms with Crippen LogP contribution in [0.25, 0.3) is 6.08 Å². The van der Waals surface area contributed by atoms with Crippen molar-refractivity contribution in [2.45, 2.75) is 6.92 Å². The minimum Gasteiger partial charge on any atom is -0.399 e. The van der Waals surface area contributed by atoms with Crippen LogP contribution in [-0.4, -0.2) is 24.9 Å². The van der Waals surface area contributed by atoms with E-state index in [1.165, 1.54) is 6.08 Å². The normalized spacial score (nSPS) is 10.3. The van der Waals surface area contributed by atoms with Crippen LogP contribution in [0.15, 0.2) is 30.3 Å². The number of carbonyl (C=O) groups excluding carboxylic acids is 2. The molecular formula is C13H17N3O2. The molecular weight excluding hydrogens is 230 g/mol. The SMILES string of the molecule is CCNC(=O)CNC(=O)/C=C/c1cccc(N)c1. The van der Waals surface area contributed by atoms with Crippen molar-refractivity contribution in [3.05, 3.63) is 35.9 Å². The molecule has 0 aromatic heterocycles. The average molecular weight is 247 g/mol. The van der Waals surface area contributed by atoms with Gasteiger partial charge < -0.3 is 16.4 Å². The summed E-state index contributed by atoms with van der Waals surface area (Å²) in [4.78, 5) is 22.5. The van der Waals surface area contributed by atoms with Gasteiger partial charge in [0.15, 0.2) is 0 Å². The van der Waals surface area contributed by atoms with E-state index in [2.05, 4.69) is 10.6 Å². The summed E-state index contributed by atoms with van der Waals surface area (Å²) >= 11 is 0. The number of nitrogens with one attached hydrogen (secondary N) is 2. The first-order valence-electron chi connectivity index (χ1n) is 5.70. The molecule has 0 aliphatic rings. The van der Waals surface area contributed by atoms with Crippen LogP contribution >= 0.6 is 0 Å². The Bertz CT molecular complexity index is 455. The van der Waals surface area contributed by atoms with Gasteiger partial charge in [-0.15, -0.1) is 0 Å². The Morgan fingerprint density at radius 3 is 2.78 bits per heavy atom. The molecule has 0 heterocycles. The van der Waals surface area contributed by atoms with E-state index < -0.39 is 0 Å². The topological polar surface area (TPSA) is 84.2 Å². The Hall–Kier alpha value is -2.30. The Morgan fingerprint density at radius 2 is 2.11 bits per heavy atom. The lowest BCUT2D eigenvalue weighted by Crippen LogP contribution is -2.35. The lowest BCUT2D eigenvalue weighted by atomic mass is 10.2. The van der Waals surface area contributed by atoms with E-state index in [1.54, 1.807) is 18.2 Å². The predicted octanol–water partition coefficient (Wildman–Crippen LogP) is 0.534. The van der Waals surface area contributed by atoms with Crippen molar-refractivity contribution in [1.82, 2.24) is 10.6 Å². The van der Waals surface area contributed by atoms with Crippen LogP contribution in [-0.2, 0) is 9.59 Å². The van der Waals surface area contributed by atoms with Gasteiger partial charge in [-0.3, -0.25) is 9.59 Å². The molecule has 1 aromatic rings. The van der Waals surface area contributed by atoms with Crippen LogP contribution in [0.4, 0.5) is 5.69 Å². The van der Waals surface area contributed by atoms with Crippen molar-refractivity contribution < 1.29 is 9.59 Å². The van der Waals surface area contributed by atoms with Gasteiger partial charge in [-0.1, -0.05) is 12.1 Å². The van der Waals surface area contributed by atoms with E-state index >= 15 is 0 Å². The standard InChI is InChI=1S/C13H17N3O2/c1-2-15-13(18)9-16-12(17)7-6-10-4-3-5-11(14)8-10/h3-8H,2,9,14H2,1H3,(H,15,18)(H,16,17)/b7-6+. The van der Waals surface area contributed by atoms with Gasteiger partial charge in [0.2, 0.25) is 11.8 Å². The van der Waals surface area contributed by atoms with Crippen LogP contribution in [0.3, 0.4) is 0 Å². The lowest BCUT2D eigenvalue weighted by molar-refractivity contribution is -0.123. The molecule has 1 aromatic carbocycles. The van der Waals surface area contributed by atoms with Gasteiger partial charge in [-0.2, -0.15) is 0 Å². The van der Waals surface area contributed by atoms with Crippen molar-refractivity contribution in [3.8, 4) is 0 Å². The summed E-state index contributed by atoms with van der Waals surface area (Å²) in [5, 5.41) is 5.07. The van der Waals surface area contributed by atoms with Crippen molar-refractivity contribution >= 4 is 23.6 Å². The van der Waals surface area contributed by atoms with Gasteiger partial charge in [-0.05, 0) is 30.7 Å². The highest BCUT2D eigenvalue weighted by Gasteiger charge is 2.00. The van der Waals surface area contributed by atoms with E-state index in [1.807, 2.05) is 19.1 Å². The number of likely N-dealkylation sites (N-methyl/N-ethyl adjacent to an activating group) is 1. The van der Waals surface area contributed by atoms with E-state index in [0.717, 1.165) is 5.56 Å². The molecule has 5 nitrogen and oxygen atoms in total. The molecule has 0 unspecified atom stereocenters. The number of nitrogens with two attached hydrogens (primary N) is 1. The zero-order valence-corrected chi connectivity index (χ0v) is 10.3. The Labute approximate surface area is 106 Å². The minimum absolute atomic E-state index is 0.0199. The molecule has 18 heavy (non-hydrogen) atoms. The molecule has 4 N–H and O–H groups in total. The zero-order valence-electron chi connectivity index (χ0n) is 10.3. The molecule has 5 heteroatoms. The fraction of sp³-hybridized carbons (Fsp3) is 0.231. The minimum atomic E-state index is -0.316. The molecule has 0 aliphatic heterocycles. The number of nitrogen functional groups attached to an aromatic ring is 1. The van der Waals surface area contributed by atoms with Crippen LogP contribution in [0.5, 0.6) is 0 Å². The summed E-state index contributed by atoms with van der Waals surface area (Å²) in [6.45, 7) is 2.35. The monoisotopic (exact) mass is 247 g/mol. The van der Waals surface area contributed by atoms with Gasteiger partial charge in [0, 0.05) is 18.3 Å². The average Bonchev–Trinajstić information content (AvgIpc) is 2.34. The summed E-state index contributed by atoms with van der Waals surface area (Å²) in [7, 11) is 0. The first-order valence-corrected chi connectivity index (χ1v) is 5.70. The van der Waals surface area contributed by atoms with Crippen molar-refractivity contribution in [3.63, 3.8) is 0 Å². The second-order valence-corrected chi connectivity index (χ2v) is 3.67. The lowest BCUT2D eigenvalue weighted by Gasteiger charge is -2.02. The quantitative estimate of drug-likeness (QED) is 0.524. The zero-order chi connectivity index (χ0) is 13.4. The number of hydrogen-bond acceptors (Lipinski definition) is 3. The molecule has 0 bridgehead atoms. The highest BCUT2D eigenvalue weighted by molar-refractivity contribution is 5.94. The maximum Gasteiger partial charge on any atom is 0.244 e. The van der Waals surface area contributed by atoms with Crippen LogP contribution in [0, 0.1) is 0 Å². The fourth-order valence-corrected chi connectivity index (χ4v) is 1.32. The third kappa shape index (κ3) is 5.16. The third-order valence-electron chi connectivity index (χ3n) is 2.13. The highest BCUT2D eigenvalue weighted by Crippen LogP contribution is 2.07. The molecule has 96 valence electrons. The van der Waals surface area contributed by atoms with Crippen molar-refractivity contribution in [2.75, 3.05) is 18.8 Å². The van der Waals surface area contributed by atoms with Gasteiger partial charge in [-0.25, -0.2) is 0 Å². The summed E-state index contributed by atoms with van der Waals surface area (Å²) in [5.74, 6) is -0.521. The second-order valence-electron chi connectivity index (χ2n) is 3.67. The number of rotatable bonds is 5. The van der Waals surface area contributed by atoms with E-state index in [-0.39, 0.29) is 18.4 Å². The molecule has 0 radical (unpaired) electrons. The highest BCUT2D eigenvalue weighted by atomic mass is 16.2. The smallest absolute Gasteiger partial charge is 0.244 e. The van der Waals surface area contributed by atoms with Crippen LogP contribution < -0.4 is 16.4 Å². The molecule has 1 rings (SSSR count). The molecule has 0 fully saturated rings. The first-order chi connectivity index (χ1) is 8.61. The van der Waals surface area contributed by atoms with Crippen LogP contribution in [0.1, 0.15) is 12.5 Å². The number of carbonyl (C=O) groups is 2. The van der Waals surface area contributed by atoms with Crippen LogP contribution in [0.2, 0.25) is 0 Å². The van der Waals surface area contributed by atoms with Gasteiger partial charge in [0.1, 0.15) is 0 Å². The Kier molecular flexibility index (Phi) is 5.44. The summed E-state index contributed by atoms with van der Waals surface area (Å²) in [5.41, 5.74) is 7.08. The summed E-state index contributed by atoms with van der Waals surface area (Å²) < 4.78 is 0. The third-order valence-corrected chi connectivity index (χ3v) is 2.13. The molecule has 2 amide bonds. The summed E-state index contributed by atoms with van der Waals surface area (Å²) in [6.07, 6.45) is 3.01. The van der Waals surface area contributed by atoms with E-state index in [0.29, 0.717) is 12.2 Å². The van der Waals surface area contributed by atoms with Crippen molar-refractivity contribution in [2.24, 2.45) is 0 Å². The maximum absolute atomic E-state index is 11.4. The number of benzene rings is 1. The Balaban J connectivity index is 2.42. The molecule has 0 aliphatic carbocycles. The largest absolute Gasteiger partial charge is 0.399 e. The second kappa shape index (κ2) is 7.11. The number of amides is 2. The fourth-order valence-electron chi connectivity index (χ4n) is 1.32. The predicted molar refractivity (Wildman–Crippen MR) is 71.6 cm³/mol. The van der Waals surface area contributed by atoms with E-state index in [9.17, 15) is 9.59 Å². The number of hydrogen-bond donors (Lipinski definition) is 3. The van der Waals surface area contributed by atoms with Crippen molar-refractivity contribution in [1.29, 1.82) is 0 Å². The number of anilines is 1. The molecule has 0 atom stereocenters. The van der Waals surface area contributed by atoms with E-state index in [4.69, 9.17) is 5.73 Å². The molecule has 0 spiro atoms. The molecule has 0 saturated heterocycles. The van der Waals surface area contributed by atoms with Gasteiger partial charge in [0.05, 0.1) is 6.54 Å².